The molecule has 0 radical (unpaired) electrons. The zero-order valence-electron chi connectivity index (χ0n) is 23.0. The highest BCUT2D eigenvalue weighted by molar-refractivity contribution is 5.94. The maximum atomic E-state index is 13.2. The highest BCUT2D eigenvalue weighted by Crippen LogP contribution is 2.23. The Balaban J connectivity index is 1.38. The Labute approximate surface area is 236 Å². The normalized spacial score (nSPS) is 14.7. The van der Waals surface area contributed by atoms with Crippen molar-refractivity contribution in [2.24, 2.45) is 5.92 Å². The van der Waals surface area contributed by atoms with E-state index in [1.807, 2.05) is 0 Å². The molecule has 1 fully saturated rings. The number of hydrogen-bond donors (Lipinski definition) is 2. The van der Waals surface area contributed by atoms with Crippen molar-refractivity contribution in [3.05, 3.63) is 65.5 Å². The highest BCUT2D eigenvalue weighted by Gasteiger charge is 2.29. The predicted octanol–water partition coefficient (Wildman–Crippen LogP) is 5.47. The average Bonchev–Trinajstić information content (AvgIpc) is 2.95. The zero-order chi connectivity index (χ0) is 29.4. The summed E-state index contributed by atoms with van der Waals surface area (Å²) >= 11 is 0. The summed E-state index contributed by atoms with van der Waals surface area (Å²) in [7, 11) is 0. The molecule has 0 aliphatic carbocycles. The van der Waals surface area contributed by atoms with E-state index in [1.54, 1.807) is 36.4 Å². The van der Waals surface area contributed by atoms with E-state index in [-0.39, 0.29) is 24.2 Å². The number of piperidine rings is 1. The minimum atomic E-state index is -4.57. The van der Waals surface area contributed by atoms with Crippen LogP contribution >= 0.6 is 0 Å². The van der Waals surface area contributed by atoms with E-state index in [0.29, 0.717) is 35.2 Å². The summed E-state index contributed by atoms with van der Waals surface area (Å²) < 4.78 is 56.2. The van der Waals surface area contributed by atoms with Crippen molar-refractivity contribution in [3.63, 3.8) is 0 Å². The lowest BCUT2D eigenvalue weighted by Crippen LogP contribution is -2.39. The van der Waals surface area contributed by atoms with E-state index in [4.69, 9.17) is 4.74 Å². The van der Waals surface area contributed by atoms with Gasteiger partial charge >= 0.3 is 12.2 Å². The van der Waals surface area contributed by atoms with Gasteiger partial charge in [0.2, 0.25) is 5.95 Å². The molecule has 2 aromatic carbocycles. The van der Waals surface area contributed by atoms with Gasteiger partial charge in [-0.2, -0.15) is 28.1 Å². The maximum absolute atomic E-state index is 13.2. The number of amides is 1. The van der Waals surface area contributed by atoms with Crippen LogP contribution < -0.4 is 15.4 Å². The van der Waals surface area contributed by atoms with Crippen LogP contribution in [0.3, 0.4) is 0 Å². The summed E-state index contributed by atoms with van der Waals surface area (Å²) in [6, 6.07) is 12.2. The largest absolute Gasteiger partial charge is 0.454 e. The number of carbonyl (C=O) groups excluding carboxylic acids is 1. The van der Waals surface area contributed by atoms with Crippen LogP contribution in [-0.2, 0) is 6.54 Å². The number of nitrogens with zero attached hydrogens (tertiary/aromatic N) is 4. The first kappa shape index (κ1) is 30.2. The first-order chi connectivity index (χ1) is 19.6. The van der Waals surface area contributed by atoms with Crippen molar-refractivity contribution in [1.82, 2.24) is 25.2 Å². The van der Waals surface area contributed by atoms with Crippen molar-refractivity contribution in [2.45, 2.75) is 51.9 Å². The topological polar surface area (TPSA) is 92.3 Å². The Morgan fingerprint density at radius 2 is 1.71 bits per heavy atom. The summed E-state index contributed by atoms with van der Waals surface area (Å²) in [5, 5.41) is 5.87. The first-order valence-corrected chi connectivity index (χ1v) is 13.6. The van der Waals surface area contributed by atoms with Crippen LogP contribution in [0, 0.1) is 11.7 Å². The maximum Gasteiger partial charge on any atom is 0.422 e. The summed E-state index contributed by atoms with van der Waals surface area (Å²) in [5.41, 5.74) is 1.62. The molecule has 0 atom stereocenters. The van der Waals surface area contributed by atoms with Crippen LogP contribution in [-0.4, -0.2) is 64.2 Å². The SMILES string of the molecule is CC(C)N1CCC(CCNC(=O)c2ccc(-c3nc(NCc4ccc(F)cc4)nc(OCC(F)(F)F)n3)cc2)CC1. The molecule has 0 bridgehead atoms. The second-order valence-electron chi connectivity index (χ2n) is 10.3. The number of likely N-dealkylation sites (tertiary alicyclic amines) is 1. The summed E-state index contributed by atoms with van der Waals surface area (Å²) in [6.45, 7) is 5.80. The minimum Gasteiger partial charge on any atom is -0.454 e. The number of benzene rings is 2. The minimum absolute atomic E-state index is 0.0162. The average molecular weight is 575 g/mol. The van der Waals surface area contributed by atoms with Gasteiger partial charge in [-0.25, -0.2) is 4.39 Å². The number of rotatable bonds is 11. The van der Waals surface area contributed by atoms with Gasteiger partial charge in [0.15, 0.2) is 12.4 Å². The molecule has 4 rings (SSSR count). The Hall–Kier alpha value is -3.80. The molecule has 1 aromatic heterocycles. The van der Waals surface area contributed by atoms with Gasteiger partial charge in [-0.3, -0.25) is 4.79 Å². The molecule has 2 heterocycles. The Kier molecular flexibility index (Phi) is 10.1. The molecule has 0 unspecified atom stereocenters. The smallest absolute Gasteiger partial charge is 0.422 e. The quantitative estimate of drug-likeness (QED) is 0.294. The standard InChI is InChI=1S/C29H34F4N6O2/c1-19(2)39-15-12-20(13-16-39)11-14-34-26(40)23-7-5-22(6-8-23)25-36-27(35-17-21-3-9-24(30)10-4-21)38-28(37-25)41-18-29(31,32)33/h3-10,19-20H,11-18H2,1-2H3,(H,34,40)(H,35,36,37,38). The Bertz CT molecular complexity index is 1280. The van der Waals surface area contributed by atoms with Gasteiger partial charge in [-0.05, 0) is 81.9 Å². The van der Waals surface area contributed by atoms with E-state index in [2.05, 4.69) is 44.3 Å². The van der Waals surface area contributed by atoms with Crippen LogP contribution in [0.2, 0.25) is 0 Å². The number of halogens is 4. The van der Waals surface area contributed by atoms with Crippen LogP contribution in [0.25, 0.3) is 11.4 Å². The monoisotopic (exact) mass is 574 g/mol. The van der Waals surface area contributed by atoms with Gasteiger partial charge in [0.25, 0.3) is 5.91 Å². The van der Waals surface area contributed by atoms with Gasteiger partial charge in [0.1, 0.15) is 5.82 Å². The van der Waals surface area contributed by atoms with Gasteiger partial charge in [0, 0.05) is 30.3 Å². The molecule has 2 N–H and O–H groups in total. The molecule has 12 heteroatoms. The lowest BCUT2D eigenvalue weighted by Gasteiger charge is -2.34. The van der Waals surface area contributed by atoms with Crippen LogP contribution in [0.15, 0.2) is 48.5 Å². The fourth-order valence-corrected chi connectivity index (χ4v) is 4.58. The second kappa shape index (κ2) is 13.7. The number of hydrogen-bond acceptors (Lipinski definition) is 7. The third-order valence-corrected chi connectivity index (χ3v) is 6.97. The van der Waals surface area contributed by atoms with Crippen molar-refractivity contribution >= 4 is 11.9 Å². The molecule has 1 amide bonds. The number of anilines is 1. The number of ether oxygens (including phenoxy) is 1. The fourth-order valence-electron chi connectivity index (χ4n) is 4.58. The second-order valence-corrected chi connectivity index (χ2v) is 10.3. The molecular weight excluding hydrogens is 540 g/mol. The predicted molar refractivity (Wildman–Crippen MR) is 147 cm³/mol. The third-order valence-electron chi connectivity index (χ3n) is 6.97. The van der Waals surface area contributed by atoms with Gasteiger partial charge in [0.05, 0.1) is 0 Å². The molecule has 220 valence electrons. The van der Waals surface area contributed by atoms with Gasteiger partial charge < -0.3 is 20.3 Å². The number of carbonyl (C=O) groups is 1. The van der Waals surface area contributed by atoms with Crippen molar-refractivity contribution in [1.29, 1.82) is 0 Å². The van der Waals surface area contributed by atoms with Gasteiger partial charge in [-0.1, -0.05) is 24.3 Å². The lowest BCUT2D eigenvalue weighted by molar-refractivity contribution is -0.154. The molecule has 1 saturated heterocycles. The van der Waals surface area contributed by atoms with Crippen LogP contribution in [0.1, 0.15) is 49.0 Å². The zero-order valence-corrected chi connectivity index (χ0v) is 23.0. The van der Waals surface area contributed by atoms with Crippen molar-refractivity contribution in [3.8, 4) is 17.4 Å². The molecular formula is C29H34F4N6O2. The summed E-state index contributed by atoms with van der Waals surface area (Å²) in [6.07, 6.45) is -1.39. The van der Waals surface area contributed by atoms with Gasteiger partial charge in [-0.15, -0.1) is 0 Å². The van der Waals surface area contributed by atoms with E-state index in [1.165, 1.54) is 12.1 Å². The van der Waals surface area contributed by atoms with Crippen molar-refractivity contribution in [2.75, 3.05) is 31.6 Å². The summed E-state index contributed by atoms with van der Waals surface area (Å²) in [5.74, 6) is 0.0494. The van der Waals surface area contributed by atoms with E-state index < -0.39 is 24.6 Å². The summed E-state index contributed by atoms with van der Waals surface area (Å²) in [4.78, 5) is 27.4. The third kappa shape index (κ3) is 9.38. The molecule has 0 spiro atoms. The molecule has 8 nitrogen and oxygen atoms in total. The van der Waals surface area contributed by atoms with E-state index >= 15 is 0 Å². The van der Waals surface area contributed by atoms with Crippen LogP contribution in [0.4, 0.5) is 23.5 Å². The fraction of sp³-hybridized carbons (Fsp3) is 0.448. The van der Waals surface area contributed by atoms with Crippen molar-refractivity contribution < 1.29 is 27.1 Å². The Morgan fingerprint density at radius 3 is 2.34 bits per heavy atom. The molecule has 41 heavy (non-hydrogen) atoms. The first-order valence-electron chi connectivity index (χ1n) is 13.6. The van der Waals surface area contributed by atoms with Crippen LogP contribution in [0.5, 0.6) is 6.01 Å². The lowest BCUT2D eigenvalue weighted by atomic mass is 9.93. The molecule has 1 aliphatic rings. The Morgan fingerprint density at radius 1 is 1.02 bits per heavy atom. The molecule has 3 aromatic rings. The molecule has 1 aliphatic heterocycles. The molecule has 0 saturated carbocycles. The number of nitrogens with one attached hydrogen (secondary N) is 2. The number of alkyl halides is 3. The highest BCUT2D eigenvalue weighted by atomic mass is 19.4. The van der Waals surface area contributed by atoms with E-state index in [0.717, 1.165) is 32.4 Å². The number of aromatic nitrogens is 3. The van der Waals surface area contributed by atoms with E-state index in [9.17, 15) is 22.4 Å².